The summed E-state index contributed by atoms with van der Waals surface area (Å²) >= 11 is 3.01. The van der Waals surface area contributed by atoms with Gasteiger partial charge in [0.1, 0.15) is 16.9 Å². The first-order valence-corrected chi connectivity index (χ1v) is 11.8. The van der Waals surface area contributed by atoms with Gasteiger partial charge in [0.25, 0.3) is 0 Å². The Morgan fingerprint density at radius 2 is 2.11 bits per heavy atom. The molecule has 1 saturated carbocycles. The maximum absolute atomic E-state index is 12.6. The summed E-state index contributed by atoms with van der Waals surface area (Å²) in [5, 5.41) is 22.8. The van der Waals surface area contributed by atoms with Gasteiger partial charge in [0.2, 0.25) is 5.91 Å². The third-order valence-corrected chi connectivity index (χ3v) is 7.39. The number of thiophene rings is 1. The molecule has 8 heteroatoms. The molecule has 2 aliphatic rings. The highest BCUT2D eigenvalue weighted by Crippen LogP contribution is 2.40. The van der Waals surface area contributed by atoms with E-state index in [9.17, 15) is 10.1 Å². The lowest BCUT2D eigenvalue weighted by Crippen LogP contribution is -2.15. The van der Waals surface area contributed by atoms with E-state index >= 15 is 0 Å². The molecule has 1 N–H and O–H groups in total. The van der Waals surface area contributed by atoms with Crippen molar-refractivity contribution in [3.05, 3.63) is 21.8 Å². The first-order valence-electron chi connectivity index (χ1n) is 10.0. The summed E-state index contributed by atoms with van der Waals surface area (Å²) < 4.78 is 2.21. The molecule has 0 aromatic carbocycles. The van der Waals surface area contributed by atoms with E-state index in [-0.39, 0.29) is 11.7 Å². The highest BCUT2D eigenvalue weighted by atomic mass is 32.2. The van der Waals surface area contributed by atoms with Gasteiger partial charge >= 0.3 is 0 Å². The number of carbonyl (C=O) groups excluding carboxylic acids is 1. The quantitative estimate of drug-likeness (QED) is 0.547. The molecule has 2 heterocycles. The van der Waals surface area contributed by atoms with E-state index in [1.54, 1.807) is 11.3 Å². The molecule has 0 atom stereocenters. The topological polar surface area (TPSA) is 83.6 Å². The molecule has 0 spiro atoms. The van der Waals surface area contributed by atoms with Gasteiger partial charge < -0.3 is 9.88 Å². The van der Waals surface area contributed by atoms with Crippen LogP contribution in [0.1, 0.15) is 79.7 Å². The largest absolute Gasteiger partial charge is 0.316 e. The van der Waals surface area contributed by atoms with Gasteiger partial charge in [0.15, 0.2) is 5.16 Å². The minimum absolute atomic E-state index is 0.0886. The van der Waals surface area contributed by atoms with Gasteiger partial charge in [-0.2, -0.15) is 5.26 Å². The minimum atomic E-state index is -0.0886. The number of anilines is 1. The maximum atomic E-state index is 12.6. The monoisotopic (exact) mass is 415 g/mol. The number of aromatic nitrogens is 3. The number of nitrogens with one attached hydrogen (secondary N) is 1. The lowest BCUT2D eigenvalue weighted by Gasteiger charge is -2.10. The van der Waals surface area contributed by atoms with Crippen LogP contribution >= 0.6 is 23.1 Å². The van der Waals surface area contributed by atoms with Gasteiger partial charge in [-0.3, -0.25) is 4.79 Å². The molecule has 2 aliphatic carbocycles. The SMILES string of the molecule is CC(C)c1nnc(SCC(=O)Nc2sc3c(c2C#N)CCCCC3)n1C1CC1. The lowest BCUT2D eigenvalue weighted by atomic mass is 10.1. The van der Waals surface area contributed by atoms with Crippen molar-refractivity contribution in [3.8, 4) is 6.07 Å². The van der Waals surface area contributed by atoms with Crippen LogP contribution in [0.25, 0.3) is 0 Å². The predicted octanol–water partition coefficient (Wildman–Crippen LogP) is 4.67. The summed E-state index contributed by atoms with van der Waals surface area (Å²) in [4.78, 5) is 13.9. The van der Waals surface area contributed by atoms with Crippen LogP contribution in [0.3, 0.4) is 0 Å². The van der Waals surface area contributed by atoms with Crippen LogP contribution in [-0.2, 0) is 17.6 Å². The number of hydrogen-bond donors (Lipinski definition) is 1. The van der Waals surface area contributed by atoms with Crippen molar-refractivity contribution in [1.82, 2.24) is 14.8 Å². The number of amides is 1. The summed E-state index contributed by atoms with van der Waals surface area (Å²) in [6.07, 6.45) is 7.77. The molecule has 2 aromatic heterocycles. The first-order chi connectivity index (χ1) is 13.6. The van der Waals surface area contributed by atoms with Crippen molar-refractivity contribution in [2.24, 2.45) is 0 Å². The third kappa shape index (κ3) is 3.96. The van der Waals surface area contributed by atoms with Crippen LogP contribution in [-0.4, -0.2) is 26.4 Å². The van der Waals surface area contributed by atoms with Crippen molar-refractivity contribution in [3.63, 3.8) is 0 Å². The van der Waals surface area contributed by atoms with Crippen molar-refractivity contribution in [2.75, 3.05) is 11.1 Å². The first kappa shape index (κ1) is 19.5. The second-order valence-corrected chi connectivity index (χ2v) is 9.86. The number of nitrogens with zero attached hydrogens (tertiary/aromatic N) is 4. The van der Waals surface area contributed by atoms with E-state index in [0.717, 1.165) is 55.1 Å². The maximum Gasteiger partial charge on any atom is 0.235 e. The Labute approximate surface area is 173 Å². The van der Waals surface area contributed by atoms with Gasteiger partial charge in [0, 0.05) is 16.8 Å². The smallest absolute Gasteiger partial charge is 0.235 e. The number of rotatable bonds is 6. The Hall–Kier alpha value is -1.85. The van der Waals surface area contributed by atoms with Crippen LogP contribution in [0, 0.1) is 11.3 Å². The Bertz CT molecular complexity index is 920. The zero-order chi connectivity index (χ0) is 19.7. The number of fused-ring (bicyclic) bond motifs is 1. The van der Waals surface area contributed by atoms with Crippen molar-refractivity contribution < 1.29 is 4.79 Å². The van der Waals surface area contributed by atoms with Gasteiger partial charge in [-0.05, 0) is 44.1 Å². The van der Waals surface area contributed by atoms with Crippen LogP contribution in [0.15, 0.2) is 5.16 Å². The van der Waals surface area contributed by atoms with Crippen LogP contribution in [0.5, 0.6) is 0 Å². The number of carbonyl (C=O) groups is 1. The van der Waals surface area contributed by atoms with E-state index < -0.39 is 0 Å². The highest BCUT2D eigenvalue weighted by Gasteiger charge is 2.30. The van der Waals surface area contributed by atoms with Crippen molar-refractivity contribution in [1.29, 1.82) is 5.26 Å². The van der Waals surface area contributed by atoms with Crippen molar-refractivity contribution in [2.45, 2.75) is 75.9 Å². The van der Waals surface area contributed by atoms with E-state index in [1.807, 2.05) is 0 Å². The molecule has 0 bridgehead atoms. The van der Waals surface area contributed by atoms with E-state index in [4.69, 9.17) is 0 Å². The van der Waals surface area contributed by atoms with Gasteiger partial charge in [-0.25, -0.2) is 0 Å². The summed E-state index contributed by atoms with van der Waals surface area (Å²) in [5.74, 6) is 1.50. The van der Waals surface area contributed by atoms with Gasteiger partial charge in [0.05, 0.1) is 11.3 Å². The van der Waals surface area contributed by atoms with Crippen LogP contribution in [0.4, 0.5) is 5.00 Å². The molecule has 4 rings (SSSR count). The zero-order valence-electron chi connectivity index (χ0n) is 16.3. The Morgan fingerprint density at radius 1 is 1.32 bits per heavy atom. The molecule has 148 valence electrons. The molecule has 0 aliphatic heterocycles. The minimum Gasteiger partial charge on any atom is -0.316 e. The molecule has 28 heavy (non-hydrogen) atoms. The predicted molar refractivity (Wildman–Crippen MR) is 112 cm³/mol. The normalized spacial score (nSPS) is 16.5. The second kappa shape index (κ2) is 8.26. The zero-order valence-corrected chi connectivity index (χ0v) is 18.0. The van der Waals surface area contributed by atoms with Gasteiger partial charge in [-0.1, -0.05) is 32.0 Å². The van der Waals surface area contributed by atoms with E-state index in [1.165, 1.54) is 23.1 Å². The Morgan fingerprint density at radius 3 is 2.82 bits per heavy atom. The molecule has 0 unspecified atom stereocenters. The fourth-order valence-corrected chi connectivity index (χ4v) is 5.77. The number of aryl methyl sites for hydroxylation is 1. The third-order valence-electron chi connectivity index (χ3n) is 5.24. The number of nitriles is 1. The molecule has 0 radical (unpaired) electrons. The van der Waals surface area contributed by atoms with E-state index in [0.29, 0.717) is 22.5 Å². The summed E-state index contributed by atoms with van der Waals surface area (Å²) in [7, 11) is 0. The molecule has 0 saturated heterocycles. The molecule has 1 fully saturated rings. The van der Waals surface area contributed by atoms with Gasteiger partial charge in [-0.15, -0.1) is 21.5 Å². The summed E-state index contributed by atoms with van der Waals surface area (Å²) in [6, 6.07) is 2.80. The Kier molecular flexibility index (Phi) is 5.74. The average molecular weight is 416 g/mol. The molecule has 6 nitrogen and oxygen atoms in total. The molecular formula is C20H25N5OS2. The van der Waals surface area contributed by atoms with Crippen LogP contribution in [0.2, 0.25) is 0 Å². The molecule has 2 aromatic rings. The average Bonchev–Trinajstić information content (AvgIpc) is 3.39. The Balaban J connectivity index is 1.44. The molecular weight excluding hydrogens is 390 g/mol. The lowest BCUT2D eigenvalue weighted by molar-refractivity contribution is -0.113. The summed E-state index contributed by atoms with van der Waals surface area (Å²) in [6.45, 7) is 4.24. The second-order valence-electron chi connectivity index (χ2n) is 7.81. The van der Waals surface area contributed by atoms with Crippen LogP contribution < -0.4 is 5.32 Å². The highest BCUT2D eigenvalue weighted by molar-refractivity contribution is 7.99. The number of hydrogen-bond acceptors (Lipinski definition) is 6. The summed E-state index contributed by atoms with van der Waals surface area (Å²) in [5.41, 5.74) is 1.83. The van der Waals surface area contributed by atoms with Crippen molar-refractivity contribution >= 4 is 34.0 Å². The fourth-order valence-electron chi connectivity index (χ4n) is 3.70. The van der Waals surface area contributed by atoms with E-state index in [2.05, 4.69) is 40.0 Å². The molecule has 1 amide bonds. The standard InChI is InChI=1S/C20H25N5OS2/c1-12(2)18-23-24-20(25(18)13-8-9-13)27-11-17(26)22-19-15(10-21)14-6-4-3-5-7-16(14)28-19/h12-13H,3-9,11H2,1-2H3,(H,22,26). The number of thioether (sulfide) groups is 1. The fraction of sp³-hybridized carbons (Fsp3) is 0.600.